The lowest BCUT2D eigenvalue weighted by molar-refractivity contribution is 0.474. The first kappa shape index (κ1) is 20.9. The van der Waals surface area contributed by atoms with Crippen molar-refractivity contribution in [3.05, 3.63) is 47.8 Å². The van der Waals surface area contributed by atoms with Crippen LogP contribution in [0.5, 0.6) is 0 Å². The molecule has 0 aliphatic rings. The molecule has 0 fully saturated rings. The highest BCUT2D eigenvalue weighted by Gasteiger charge is 2.26. The number of nitrogens with one attached hydrogen (secondary N) is 1. The molecule has 0 aliphatic heterocycles. The van der Waals surface area contributed by atoms with Crippen molar-refractivity contribution in [3.63, 3.8) is 0 Å². The maximum Gasteiger partial charge on any atom is 0.368 e. The van der Waals surface area contributed by atoms with Crippen LogP contribution in [0, 0.1) is 11.6 Å². The molecule has 12 heteroatoms. The summed E-state index contributed by atoms with van der Waals surface area (Å²) in [6, 6.07) is 6.09. The van der Waals surface area contributed by atoms with E-state index in [2.05, 4.69) is 19.9 Å². The summed E-state index contributed by atoms with van der Waals surface area (Å²) in [5.74, 6) is -1.51. The van der Waals surface area contributed by atoms with E-state index in [1.54, 1.807) is 0 Å². The van der Waals surface area contributed by atoms with Crippen LogP contribution >= 0.6 is 0 Å². The van der Waals surface area contributed by atoms with Crippen LogP contribution in [-0.4, -0.2) is 36.9 Å². The van der Waals surface area contributed by atoms with E-state index in [4.69, 9.17) is 5.73 Å². The van der Waals surface area contributed by atoms with E-state index in [1.165, 1.54) is 18.2 Å². The molecule has 0 radical (unpaired) electrons. The lowest BCUT2D eigenvalue weighted by Gasteiger charge is -2.14. The average Bonchev–Trinajstić information content (AvgIpc) is 3.21. The van der Waals surface area contributed by atoms with E-state index in [0.717, 1.165) is 12.1 Å². The van der Waals surface area contributed by atoms with E-state index in [-0.39, 0.29) is 33.8 Å². The maximum absolute atomic E-state index is 14.6. The van der Waals surface area contributed by atoms with E-state index in [1.807, 2.05) is 20.8 Å². The fourth-order valence-corrected chi connectivity index (χ4v) is 3.74. The molecule has 0 saturated heterocycles. The Morgan fingerprint density at radius 2 is 1.81 bits per heavy atom. The van der Waals surface area contributed by atoms with Gasteiger partial charge in [0.2, 0.25) is 5.95 Å². The van der Waals surface area contributed by atoms with Crippen LogP contribution in [0.3, 0.4) is 0 Å². The number of aromatic nitrogens is 5. The number of rotatable bonds is 3. The Kier molecular flexibility index (Phi) is 4.59. The van der Waals surface area contributed by atoms with E-state index >= 15 is 0 Å². The first-order valence-corrected chi connectivity index (χ1v) is 10.4. The van der Waals surface area contributed by atoms with Crippen LogP contribution in [0.2, 0.25) is 0 Å². The maximum atomic E-state index is 14.6. The van der Waals surface area contributed by atoms with Gasteiger partial charge >= 0.3 is 10.3 Å². The molecule has 0 atom stereocenters. The van der Waals surface area contributed by atoms with Crippen LogP contribution in [0.15, 0.2) is 30.3 Å². The molecule has 4 aromatic rings. The van der Waals surface area contributed by atoms with Gasteiger partial charge in [-0.1, -0.05) is 20.8 Å². The van der Waals surface area contributed by atoms with Crippen LogP contribution in [0.25, 0.3) is 33.8 Å². The van der Waals surface area contributed by atoms with Crippen LogP contribution in [-0.2, 0) is 15.7 Å². The SMILES string of the molecule is CC(C)(C)c1nc(-c2ccc(F)cc2F)c(-c2ccc3nc(N)n(S(=O)(=O)O)c3n2)[nH]1. The van der Waals surface area contributed by atoms with Gasteiger partial charge in [-0.25, -0.2) is 23.7 Å². The Labute approximate surface area is 175 Å². The van der Waals surface area contributed by atoms with Crippen LogP contribution < -0.4 is 5.73 Å². The monoisotopic (exact) mass is 448 g/mol. The van der Waals surface area contributed by atoms with Gasteiger partial charge in [-0.15, -0.1) is 0 Å². The fourth-order valence-electron chi connectivity index (χ4n) is 3.11. The van der Waals surface area contributed by atoms with Gasteiger partial charge in [0.25, 0.3) is 0 Å². The lowest BCUT2D eigenvalue weighted by Crippen LogP contribution is -2.14. The number of benzene rings is 1. The second kappa shape index (κ2) is 6.82. The van der Waals surface area contributed by atoms with Crippen molar-refractivity contribution < 1.29 is 21.8 Å². The summed E-state index contributed by atoms with van der Waals surface area (Å²) in [5, 5.41) is 0. The number of hydrogen-bond acceptors (Lipinski definition) is 6. The molecule has 9 nitrogen and oxygen atoms in total. The van der Waals surface area contributed by atoms with E-state index in [9.17, 15) is 21.8 Å². The standard InChI is InChI=1S/C19H18F2N6O3S/c1-19(2,3)17-25-14(10-5-4-9(20)8-11(10)21)15(26-17)12-6-7-13-16(23-12)27(18(22)24-13)31(28,29)30/h4-8H,1-3H3,(H2,22,24)(H,25,26)(H,28,29,30). The molecular weight excluding hydrogens is 430 g/mol. The highest BCUT2D eigenvalue weighted by molar-refractivity contribution is 7.84. The summed E-state index contributed by atoms with van der Waals surface area (Å²) in [6.07, 6.45) is 0. The molecule has 0 amide bonds. The largest absolute Gasteiger partial charge is 0.368 e. The Hall–Kier alpha value is -3.38. The van der Waals surface area contributed by atoms with E-state index in [0.29, 0.717) is 9.80 Å². The molecule has 0 aliphatic carbocycles. The van der Waals surface area contributed by atoms with Crippen molar-refractivity contribution in [2.75, 3.05) is 5.73 Å². The Balaban J connectivity index is 2.01. The smallest absolute Gasteiger partial charge is 0.368 e. The minimum Gasteiger partial charge on any atom is -0.368 e. The zero-order valence-corrected chi connectivity index (χ0v) is 17.5. The van der Waals surface area contributed by atoms with Gasteiger partial charge in [0.15, 0.2) is 5.65 Å². The fraction of sp³-hybridized carbons (Fsp3) is 0.211. The van der Waals surface area contributed by atoms with Gasteiger partial charge in [-0.3, -0.25) is 4.55 Å². The molecule has 0 bridgehead atoms. The number of fused-ring (bicyclic) bond motifs is 1. The topological polar surface area (TPSA) is 140 Å². The van der Waals surface area contributed by atoms with Gasteiger partial charge in [0.1, 0.15) is 28.7 Å². The molecule has 0 saturated carbocycles. The predicted octanol–water partition coefficient (Wildman–Crippen LogP) is 3.30. The third-order valence-electron chi connectivity index (χ3n) is 4.58. The van der Waals surface area contributed by atoms with Crippen molar-refractivity contribution in [1.29, 1.82) is 0 Å². The molecule has 4 rings (SSSR count). The minimum atomic E-state index is -4.77. The second-order valence-corrected chi connectivity index (χ2v) is 9.20. The normalized spacial score (nSPS) is 12.6. The number of pyridine rings is 1. The lowest BCUT2D eigenvalue weighted by atomic mass is 9.96. The molecule has 3 heterocycles. The summed E-state index contributed by atoms with van der Waals surface area (Å²) < 4.78 is 61.3. The molecule has 162 valence electrons. The Morgan fingerprint density at radius 3 is 2.42 bits per heavy atom. The highest BCUT2D eigenvalue weighted by Crippen LogP contribution is 2.35. The van der Waals surface area contributed by atoms with Gasteiger partial charge in [0, 0.05) is 17.0 Å². The second-order valence-electron chi connectivity index (χ2n) is 7.93. The molecule has 0 unspecified atom stereocenters. The molecule has 31 heavy (non-hydrogen) atoms. The number of nitrogen functional groups attached to an aromatic ring is 1. The third-order valence-corrected chi connectivity index (χ3v) is 5.40. The van der Waals surface area contributed by atoms with Crippen LogP contribution in [0.4, 0.5) is 14.7 Å². The number of hydrogen-bond donors (Lipinski definition) is 3. The van der Waals surface area contributed by atoms with Crippen molar-refractivity contribution in [1.82, 2.24) is 23.9 Å². The summed E-state index contributed by atoms with van der Waals surface area (Å²) in [5.41, 5.74) is 5.75. The molecule has 3 aromatic heterocycles. The first-order valence-electron chi connectivity index (χ1n) is 9.05. The van der Waals surface area contributed by atoms with Gasteiger partial charge in [-0.05, 0) is 24.3 Å². The summed E-state index contributed by atoms with van der Waals surface area (Å²) in [6.45, 7) is 5.68. The van der Waals surface area contributed by atoms with Crippen molar-refractivity contribution in [2.24, 2.45) is 0 Å². The molecule has 0 spiro atoms. The molecular formula is C19H18F2N6O3S. The quantitative estimate of drug-likeness (QED) is 0.409. The molecule has 4 N–H and O–H groups in total. The van der Waals surface area contributed by atoms with Gasteiger partial charge in [-0.2, -0.15) is 12.4 Å². The van der Waals surface area contributed by atoms with E-state index < -0.39 is 33.3 Å². The number of H-pyrrole nitrogens is 1. The number of halogens is 2. The predicted molar refractivity (Wildman–Crippen MR) is 111 cm³/mol. The van der Waals surface area contributed by atoms with Crippen LogP contribution in [0.1, 0.15) is 26.6 Å². The first-order chi connectivity index (χ1) is 14.4. The number of imidazole rings is 2. The zero-order chi connectivity index (χ0) is 22.7. The van der Waals surface area contributed by atoms with Gasteiger partial charge in [0.05, 0.1) is 11.4 Å². The van der Waals surface area contributed by atoms with Gasteiger partial charge < -0.3 is 10.7 Å². The number of nitrogens with zero attached hydrogens (tertiary/aromatic N) is 4. The molecule has 1 aromatic carbocycles. The number of nitrogens with two attached hydrogens (primary N) is 1. The summed E-state index contributed by atoms with van der Waals surface area (Å²) in [7, 11) is -4.77. The zero-order valence-electron chi connectivity index (χ0n) is 16.7. The third kappa shape index (κ3) is 3.64. The summed E-state index contributed by atoms with van der Waals surface area (Å²) >= 11 is 0. The Bertz CT molecular complexity index is 1440. The minimum absolute atomic E-state index is 0.0350. The highest BCUT2D eigenvalue weighted by atomic mass is 32.2. The van der Waals surface area contributed by atoms with Crippen molar-refractivity contribution in [3.8, 4) is 22.6 Å². The van der Waals surface area contributed by atoms with Crippen molar-refractivity contribution >= 4 is 27.4 Å². The number of anilines is 1. The number of aromatic amines is 1. The van der Waals surface area contributed by atoms with Crippen molar-refractivity contribution in [2.45, 2.75) is 26.2 Å². The Morgan fingerprint density at radius 1 is 1.10 bits per heavy atom. The average molecular weight is 448 g/mol. The summed E-state index contributed by atoms with van der Waals surface area (Å²) in [4.78, 5) is 15.8.